The highest BCUT2D eigenvalue weighted by Crippen LogP contribution is 2.21. The molecule has 0 saturated carbocycles. The fraction of sp³-hybridized carbons (Fsp3) is 0.375. The Morgan fingerprint density at radius 3 is 3.00 bits per heavy atom. The number of carbonyl (C=O) groups excluding carboxylic acids is 1. The highest BCUT2D eigenvalue weighted by atomic mass is 32.1. The van der Waals surface area contributed by atoms with Crippen LogP contribution in [0.15, 0.2) is 34.4 Å². The third kappa shape index (κ3) is 3.45. The van der Waals surface area contributed by atoms with E-state index in [1.54, 1.807) is 23.5 Å². The fourth-order valence-electron chi connectivity index (χ4n) is 2.53. The van der Waals surface area contributed by atoms with Crippen molar-refractivity contribution in [2.24, 2.45) is 5.92 Å². The van der Waals surface area contributed by atoms with Crippen LogP contribution in [0.3, 0.4) is 0 Å². The maximum Gasteiger partial charge on any atom is 0.261 e. The normalized spacial score (nSPS) is 18.1. The molecule has 116 valence electrons. The first-order valence-corrected chi connectivity index (χ1v) is 8.25. The Morgan fingerprint density at radius 2 is 2.32 bits per heavy atom. The number of ether oxygens (including phenoxy) is 1. The van der Waals surface area contributed by atoms with Crippen LogP contribution in [0.1, 0.15) is 23.2 Å². The molecule has 1 aliphatic heterocycles. The molecule has 0 unspecified atom stereocenters. The Kier molecular flexibility index (Phi) is 4.70. The van der Waals surface area contributed by atoms with Crippen LogP contribution in [0.4, 0.5) is 0 Å². The summed E-state index contributed by atoms with van der Waals surface area (Å²) in [4.78, 5) is 28.0. The lowest BCUT2D eigenvalue weighted by Crippen LogP contribution is -2.35. The van der Waals surface area contributed by atoms with Gasteiger partial charge in [-0.1, -0.05) is 6.07 Å². The number of nitrogens with one attached hydrogen (secondary N) is 2. The van der Waals surface area contributed by atoms with Gasteiger partial charge in [0.05, 0.1) is 17.2 Å². The van der Waals surface area contributed by atoms with Crippen molar-refractivity contribution in [2.45, 2.75) is 12.8 Å². The van der Waals surface area contributed by atoms with Gasteiger partial charge in [0, 0.05) is 13.2 Å². The van der Waals surface area contributed by atoms with Crippen LogP contribution in [-0.4, -0.2) is 30.6 Å². The number of carbonyl (C=O) groups is 1. The van der Waals surface area contributed by atoms with Crippen LogP contribution >= 0.6 is 11.3 Å². The van der Waals surface area contributed by atoms with Gasteiger partial charge in [0.1, 0.15) is 5.56 Å². The lowest BCUT2D eigenvalue weighted by atomic mass is 10.0. The van der Waals surface area contributed by atoms with Crippen LogP contribution in [0.2, 0.25) is 0 Å². The molecular weight excluding hydrogens is 300 g/mol. The average molecular weight is 318 g/mol. The summed E-state index contributed by atoms with van der Waals surface area (Å²) < 4.78 is 5.38. The molecule has 1 saturated heterocycles. The second kappa shape index (κ2) is 6.89. The summed E-state index contributed by atoms with van der Waals surface area (Å²) in [6.45, 7) is 2.02. The molecular formula is C16H18N2O3S. The molecule has 0 aliphatic carbocycles. The van der Waals surface area contributed by atoms with Crippen LogP contribution < -0.4 is 10.9 Å². The van der Waals surface area contributed by atoms with E-state index in [0.29, 0.717) is 19.1 Å². The van der Waals surface area contributed by atoms with Crippen molar-refractivity contribution >= 4 is 17.2 Å². The maximum absolute atomic E-state index is 12.1. The molecule has 1 atom stereocenters. The molecule has 0 bridgehead atoms. The Morgan fingerprint density at radius 1 is 1.41 bits per heavy atom. The van der Waals surface area contributed by atoms with Gasteiger partial charge in [-0.25, -0.2) is 0 Å². The SMILES string of the molecule is O=C(NC[C@@H]1CCCOC1)c1ccc(-c2cccs2)[nH]c1=O. The second-order valence-corrected chi connectivity index (χ2v) is 6.33. The first kappa shape index (κ1) is 15.0. The third-order valence-corrected chi connectivity index (χ3v) is 4.65. The van der Waals surface area contributed by atoms with E-state index < -0.39 is 0 Å². The number of H-pyrrole nitrogens is 1. The molecule has 0 spiro atoms. The summed E-state index contributed by atoms with van der Waals surface area (Å²) in [6, 6.07) is 7.20. The number of aromatic amines is 1. The van der Waals surface area contributed by atoms with Gasteiger partial charge in [0.2, 0.25) is 0 Å². The number of hydrogen-bond donors (Lipinski definition) is 2. The van der Waals surface area contributed by atoms with E-state index in [9.17, 15) is 9.59 Å². The van der Waals surface area contributed by atoms with E-state index in [1.807, 2.05) is 17.5 Å². The van der Waals surface area contributed by atoms with Gasteiger partial charge in [0.15, 0.2) is 0 Å². The van der Waals surface area contributed by atoms with Crippen molar-refractivity contribution in [1.82, 2.24) is 10.3 Å². The van der Waals surface area contributed by atoms with Crippen LogP contribution in [0.5, 0.6) is 0 Å². The molecule has 2 aromatic heterocycles. The predicted molar refractivity (Wildman–Crippen MR) is 86.3 cm³/mol. The van der Waals surface area contributed by atoms with Crippen molar-refractivity contribution in [3.8, 4) is 10.6 Å². The molecule has 0 aromatic carbocycles. The lowest BCUT2D eigenvalue weighted by Gasteiger charge is -2.22. The third-order valence-electron chi connectivity index (χ3n) is 3.75. The average Bonchev–Trinajstić information content (AvgIpc) is 3.08. The van der Waals surface area contributed by atoms with Crippen LogP contribution in [0, 0.1) is 5.92 Å². The molecule has 6 heteroatoms. The number of hydrogen-bond acceptors (Lipinski definition) is 4. The van der Waals surface area contributed by atoms with Gasteiger partial charge < -0.3 is 15.0 Å². The second-order valence-electron chi connectivity index (χ2n) is 5.39. The number of rotatable bonds is 4. The zero-order valence-electron chi connectivity index (χ0n) is 12.1. The Bertz CT molecular complexity index is 688. The van der Waals surface area contributed by atoms with Crippen molar-refractivity contribution in [3.05, 3.63) is 45.6 Å². The molecule has 2 N–H and O–H groups in total. The summed E-state index contributed by atoms with van der Waals surface area (Å²) in [7, 11) is 0. The summed E-state index contributed by atoms with van der Waals surface area (Å²) >= 11 is 1.54. The molecule has 3 rings (SSSR count). The van der Waals surface area contributed by atoms with E-state index in [4.69, 9.17) is 4.74 Å². The van der Waals surface area contributed by atoms with E-state index in [-0.39, 0.29) is 17.0 Å². The minimum absolute atomic E-state index is 0.150. The van der Waals surface area contributed by atoms with E-state index in [1.165, 1.54) is 0 Å². The molecule has 1 aliphatic rings. The molecule has 1 amide bonds. The fourth-order valence-corrected chi connectivity index (χ4v) is 3.24. The van der Waals surface area contributed by atoms with Crippen molar-refractivity contribution in [2.75, 3.05) is 19.8 Å². The van der Waals surface area contributed by atoms with E-state index >= 15 is 0 Å². The highest BCUT2D eigenvalue weighted by Gasteiger charge is 2.17. The summed E-state index contributed by atoms with van der Waals surface area (Å²) in [5.41, 5.74) is 0.526. The molecule has 3 heterocycles. The number of pyridine rings is 1. The summed E-state index contributed by atoms with van der Waals surface area (Å²) in [6.07, 6.45) is 2.07. The van der Waals surface area contributed by atoms with Gasteiger partial charge in [-0.15, -0.1) is 11.3 Å². The minimum atomic E-state index is -0.358. The first-order valence-electron chi connectivity index (χ1n) is 7.37. The maximum atomic E-state index is 12.1. The minimum Gasteiger partial charge on any atom is -0.381 e. The topological polar surface area (TPSA) is 71.2 Å². The van der Waals surface area contributed by atoms with Gasteiger partial charge in [-0.2, -0.15) is 0 Å². The zero-order valence-corrected chi connectivity index (χ0v) is 12.9. The van der Waals surface area contributed by atoms with E-state index in [0.717, 1.165) is 30.0 Å². The van der Waals surface area contributed by atoms with Gasteiger partial charge in [0.25, 0.3) is 11.5 Å². The largest absolute Gasteiger partial charge is 0.381 e. The Hall–Kier alpha value is -1.92. The lowest BCUT2D eigenvalue weighted by molar-refractivity contribution is 0.0536. The smallest absolute Gasteiger partial charge is 0.261 e. The number of aromatic nitrogens is 1. The van der Waals surface area contributed by atoms with Crippen LogP contribution in [-0.2, 0) is 4.74 Å². The predicted octanol–water partition coefficient (Wildman–Crippen LogP) is 2.26. The summed E-state index contributed by atoms with van der Waals surface area (Å²) in [5, 5.41) is 4.77. The summed E-state index contributed by atoms with van der Waals surface area (Å²) in [5.74, 6) is 0.00623. The van der Waals surface area contributed by atoms with Crippen LogP contribution in [0.25, 0.3) is 10.6 Å². The van der Waals surface area contributed by atoms with Crippen molar-refractivity contribution in [3.63, 3.8) is 0 Å². The van der Waals surface area contributed by atoms with Crippen molar-refractivity contribution in [1.29, 1.82) is 0 Å². The molecule has 0 radical (unpaired) electrons. The number of thiophene rings is 1. The molecule has 2 aromatic rings. The Labute approximate surface area is 132 Å². The monoisotopic (exact) mass is 318 g/mol. The zero-order chi connectivity index (χ0) is 15.4. The van der Waals surface area contributed by atoms with Crippen molar-refractivity contribution < 1.29 is 9.53 Å². The van der Waals surface area contributed by atoms with Gasteiger partial charge in [-0.05, 0) is 42.3 Å². The Balaban J connectivity index is 1.66. The van der Waals surface area contributed by atoms with Gasteiger partial charge in [-0.3, -0.25) is 9.59 Å². The molecule has 5 nitrogen and oxygen atoms in total. The number of amides is 1. The first-order chi connectivity index (χ1) is 10.7. The van der Waals surface area contributed by atoms with E-state index in [2.05, 4.69) is 10.3 Å². The van der Waals surface area contributed by atoms with Gasteiger partial charge >= 0.3 is 0 Å². The highest BCUT2D eigenvalue weighted by molar-refractivity contribution is 7.13. The molecule has 22 heavy (non-hydrogen) atoms. The standard InChI is InChI=1S/C16H18N2O3S/c19-15(17-9-11-3-1-7-21-10-11)12-5-6-13(18-16(12)20)14-4-2-8-22-14/h2,4-6,8,11H,1,3,7,9-10H2,(H,17,19)(H,18,20)/t11-/m0/s1. The molecule has 1 fully saturated rings. The quantitative estimate of drug-likeness (QED) is 0.908.